The van der Waals surface area contributed by atoms with Gasteiger partial charge in [0.2, 0.25) is 5.91 Å². The van der Waals surface area contributed by atoms with Crippen LogP contribution in [0.4, 0.5) is 4.39 Å². The summed E-state index contributed by atoms with van der Waals surface area (Å²) in [6.45, 7) is 3.54. The van der Waals surface area contributed by atoms with Crippen molar-refractivity contribution in [2.75, 3.05) is 19.6 Å². The van der Waals surface area contributed by atoms with Gasteiger partial charge >= 0.3 is 0 Å². The first kappa shape index (κ1) is 19.3. The van der Waals surface area contributed by atoms with Crippen LogP contribution in [-0.4, -0.2) is 46.4 Å². The fraction of sp³-hybridized carbons (Fsp3) is 0.400. The number of hydrogen-bond donors (Lipinski definition) is 1. The molecule has 2 aliphatic rings. The Balaban J connectivity index is 1.23. The van der Waals surface area contributed by atoms with E-state index >= 15 is 0 Å². The molecule has 0 spiro atoms. The van der Waals surface area contributed by atoms with Gasteiger partial charge in [-0.3, -0.25) is 9.69 Å². The highest BCUT2D eigenvalue weighted by molar-refractivity contribution is 5.80. The lowest BCUT2D eigenvalue weighted by atomic mass is 9.83. The fourth-order valence-electron chi connectivity index (χ4n) is 5.26. The number of fused-ring (bicyclic) bond motifs is 2. The van der Waals surface area contributed by atoms with Crippen molar-refractivity contribution in [2.45, 2.75) is 38.3 Å². The molecular formula is C25H28FN3O. The van der Waals surface area contributed by atoms with Crippen LogP contribution in [0.2, 0.25) is 0 Å². The zero-order chi connectivity index (χ0) is 20.5. The molecule has 0 saturated carbocycles. The summed E-state index contributed by atoms with van der Waals surface area (Å²) in [4.78, 5) is 20.7. The predicted octanol–water partition coefficient (Wildman–Crippen LogP) is 4.36. The van der Waals surface area contributed by atoms with Gasteiger partial charge in [-0.05, 0) is 54.3 Å². The molecule has 2 fully saturated rings. The van der Waals surface area contributed by atoms with E-state index in [4.69, 9.17) is 0 Å². The van der Waals surface area contributed by atoms with Crippen LogP contribution in [0.1, 0.15) is 30.5 Å². The number of nitrogens with one attached hydrogen (secondary N) is 1. The van der Waals surface area contributed by atoms with E-state index in [1.54, 1.807) is 6.07 Å². The maximum atomic E-state index is 14.0. The summed E-state index contributed by atoms with van der Waals surface area (Å²) in [6, 6.07) is 17.8. The second kappa shape index (κ2) is 8.23. The third-order valence-corrected chi connectivity index (χ3v) is 6.79. The molecule has 1 aromatic heterocycles. The second-order valence-corrected chi connectivity index (χ2v) is 8.70. The smallest absolute Gasteiger partial charge is 0.222 e. The zero-order valence-corrected chi connectivity index (χ0v) is 17.2. The van der Waals surface area contributed by atoms with Crippen LogP contribution >= 0.6 is 0 Å². The Morgan fingerprint density at radius 1 is 1.07 bits per heavy atom. The molecule has 2 aliphatic heterocycles. The van der Waals surface area contributed by atoms with Crippen molar-refractivity contribution in [1.82, 2.24) is 14.8 Å². The molecule has 5 rings (SSSR count). The van der Waals surface area contributed by atoms with Crippen LogP contribution < -0.4 is 0 Å². The number of piperidine rings is 2. The second-order valence-electron chi connectivity index (χ2n) is 8.70. The SMILES string of the molecule is O=C1CC[C@@H]2CN(Cc3cc4ccccc4[nH]3)CC[C@@H]2N1CCc1ccccc1F. The lowest BCUT2D eigenvalue weighted by molar-refractivity contribution is -0.141. The van der Waals surface area contributed by atoms with Gasteiger partial charge in [-0.1, -0.05) is 36.4 Å². The number of H-pyrrole nitrogens is 1. The van der Waals surface area contributed by atoms with Gasteiger partial charge in [-0.15, -0.1) is 0 Å². The lowest BCUT2D eigenvalue weighted by Gasteiger charge is -2.47. The molecule has 0 bridgehead atoms. The third kappa shape index (κ3) is 3.86. The van der Waals surface area contributed by atoms with Crippen molar-refractivity contribution in [3.8, 4) is 0 Å². The third-order valence-electron chi connectivity index (χ3n) is 6.79. The highest BCUT2D eigenvalue weighted by atomic mass is 19.1. The Morgan fingerprint density at radius 2 is 1.90 bits per heavy atom. The van der Waals surface area contributed by atoms with Crippen molar-refractivity contribution < 1.29 is 9.18 Å². The number of halogens is 1. The molecule has 1 amide bonds. The average Bonchev–Trinajstić information content (AvgIpc) is 3.16. The summed E-state index contributed by atoms with van der Waals surface area (Å²) in [5.74, 6) is 0.560. The van der Waals surface area contributed by atoms with E-state index in [0.29, 0.717) is 30.9 Å². The minimum Gasteiger partial charge on any atom is -0.357 e. The topological polar surface area (TPSA) is 39.3 Å². The van der Waals surface area contributed by atoms with E-state index in [1.165, 1.54) is 22.7 Å². The molecule has 4 nitrogen and oxygen atoms in total. The number of para-hydroxylation sites is 1. The molecule has 2 saturated heterocycles. The minimum atomic E-state index is -0.174. The first-order valence-electron chi connectivity index (χ1n) is 11.0. The first-order chi connectivity index (χ1) is 14.7. The van der Waals surface area contributed by atoms with Gasteiger partial charge in [0, 0.05) is 49.9 Å². The average molecular weight is 406 g/mol. The first-order valence-corrected chi connectivity index (χ1v) is 11.0. The van der Waals surface area contributed by atoms with E-state index in [0.717, 1.165) is 32.5 Å². The zero-order valence-electron chi connectivity index (χ0n) is 17.2. The van der Waals surface area contributed by atoms with E-state index < -0.39 is 0 Å². The van der Waals surface area contributed by atoms with E-state index in [-0.39, 0.29) is 17.8 Å². The van der Waals surface area contributed by atoms with Gasteiger partial charge < -0.3 is 9.88 Å². The van der Waals surface area contributed by atoms with Gasteiger partial charge in [0.1, 0.15) is 5.82 Å². The maximum absolute atomic E-state index is 14.0. The van der Waals surface area contributed by atoms with Crippen molar-refractivity contribution in [3.05, 3.63) is 71.7 Å². The summed E-state index contributed by atoms with van der Waals surface area (Å²) < 4.78 is 14.0. The molecule has 2 aromatic carbocycles. The van der Waals surface area contributed by atoms with Crippen molar-refractivity contribution in [1.29, 1.82) is 0 Å². The van der Waals surface area contributed by atoms with Gasteiger partial charge in [-0.25, -0.2) is 4.39 Å². The number of rotatable bonds is 5. The number of benzene rings is 2. The Kier molecular flexibility index (Phi) is 5.30. The van der Waals surface area contributed by atoms with Crippen LogP contribution in [0, 0.1) is 11.7 Å². The van der Waals surface area contributed by atoms with Crippen LogP contribution in [0.3, 0.4) is 0 Å². The van der Waals surface area contributed by atoms with Crippen molar-refractivity contribution in [3.63, 3.8) is 0 Å². The molecule has 5 heteroatoms. The van der Waals surface area contributed by atoms with Gasteiger partial charge in [0.15, 0.2) is 0 Å². The fourth-order valence-corrected chi connectivity index (χ4v) is 5.26. The van der Waals surface area contributed by atoms with Crippen LogP contribution in [0.15, 0.2) is 54.6 Å². The predicted molar refractivity (Wildman–Crippen MR) is 117 cm³/mol. The summed E-state index contributed by atoms with van der Waals surface area (Å²) in [6.07, 6.45) is 3.15. The van der Waals surface area contributed by atoms with Crippen molar-refractivity contribution in [2.24, 2.45) is 5.92 Å². The van der Waals surface area contributed by atoms with Gasteiger partial charge in [0.25, 0.3) is 0 Å². The number of nitrogens with zero attached hydrogens (tertiary/aromatic N) is 2. The molecular weight excluding hydrogens is 377 g/mol. The molecule has 1 N–H and O–H groups in total. The van der Waals surface area contributed by atoms with Gasteiger partial charge in [0.05, 0.1) is 0 Å². The van der Waals surface area contributed by atoms with Crippen LogP contribution in [0.5, 0.6) is 0 Å². The Morgan fingerprint density at radius 3 is 2.77 bits per heavy atom. The Hall–Kier alpha value is -2.66. The largest absolute Gasteiger partial charge is 0.357 e. The molecule has 156 valence electrons. The molecule has 3 heterocycles. The molecule has 2 atom stereocenters. The number of aromatic nitrogens is 1. The summed E-state index contributed by atoms with van der Waals surface area (Å²) in [7, 11) is 0. The normalized spacial score (nSPS) is 22.4. The molecule has 3 aromatic rings. The minimum absolute atomic E-state index is 0.174. The molecule has 0 unspecified atom stereocenters. The monoisotopic (exact) mass is 405 g/mol. The van der Waals surface area contributed by atoms with Crippen LogP contribution in [-0.2, 0) is 17.8 Å². The number of hydrogen-bond acceptors (Lipinski definition) is 2. The van der Waals surface area contributed by atoms with Crippen molar-refractivity contribution >= 4 is 16.8 Å². The standard InChI is InChI=1S/C25H28FN3O/c26-22-7-3-1-5-18(22)11-14-29-24-12-13-28(16-20(24)9-10-25(29)30)17-21-15-19-6-2-4-8-23(19)27-21/h1-8,15,20,24,27H,9-14,16-17H2/t20-,24+/m1/s1. The highest BCUT2D eigenvalue weighted by Gasteiger charge is 2.39. The summed E-state index contributed by atoms with van der Waals surface area (Å²) >= 11 is 0. The number of aromatic amines is 1. The summed E-state index contributed by atoms with van der Waals surface area (Å²) in [5, 5.41) is 1.25. The number of likely N-dealkylation sites (tertiary alicyclic amines) is 2. The Labute approximate surface area is 176 Å². The number of amides is 1. The quantitative estimate of drug-likeness (QED) is 0.685. The maximum Gasteiger partial charge on any atom is 0.222 e. The van der Waals surface area contributed by atoms with E-state index in [2.05, 4.69) is 40.2 Å². The molecule has 30 heavy (non-hydrogen) atoms. The number of carbonyl (C=O) groups is 1. The van der Waals surface area contributed by atoms with E-state index in [1.807, 2.05) is 17.0 Å². The van der Waals surface area contributed by atoms with Gasteiger partial charge in [-0.2, -0.15) is 0 Å². The van der Waals surface area contributed by atoms with E-state index in [9.17, 15) is 9.18 Å². The molecule has 0 aliphatic carbocycles. The number of carbonyl (C=O) groups excluding carboxylic acids is 1. The Bertz CT molecular complexity index is 1010. The van der Waals surface area contributed by atoms with Crippen LogP contribution in [0.25, 0.3) is 10.9 Å². The molecule has 0 radical (unpaired) electrons. The lowest BCUT2D eigenvalue weighted by Crippen LogP contribution is -2.56. The highest BCUT2D eigenvalue weighted by Crippen LogP contribution is 2.32. The summed E-state index contributed by atoms with van der Waals surface area (Å²) in [5.41, 5.74) is 3.13.